The van der Waals surface area contributed by atoms with Gasteiger partial charge in [0.2, 0.25) is 0 Å². The fourth-order valence-corrected chi connectivity index (χ4v) is 2.38. The summed E-state index contributed by atoms with van der Waals surface area (Å²) in [5.41, 5.74) is -0.0205. The number of halogens is 1. The van der Waals surface area contributed by atoms with Gasteiger partial charge >= 0.3 is 6.03 Å². The van der Waals surface area contributed by atoms with E-state index >= 15 is 0 Å². The van der Waals surface area contributed by atoms with Gasteiger partial charge in [-0.25, -0.2) is 9.18 Å². The number of carbonyl (C=O) groups is 1. The molecule has 3 N–H and O–H groups in total. The van der Waals surface area contributed by atoms with Crippen molar-refractivity contribution in [1.82, 2.24) is 10.6 Å². The second-order valence-electron chi connectivity index (χ2n) is 4.87. The molecule has 1 fully saturated rings. The molecule has 1 aliphatic carbocycles. The molecular weight excluding hydrogens is 247 g/mol. The third-order valence-corrected chi connectivity index (χ3v) is 3.57. The van der Waals surface area contributed by atoms with Crippen LogP contribution < -0.4 is 10.6 Å². The van der Waals surface area contributed by atoms with Gasteiger partial charge in [0.15, 0.2) is 0 Å². The molecule has 0 heterocycles. The summed E-state index contributed by atoms with van der Waals surface area (Å²) in [6.45, 7) is 0.453. The number of carbonyl (C=O) groups excluding carboxylic acids is 1. The molecule has 19 heavy (non-hydrogen) atoms. The second-order valence-corrected chi connectivity index (χ2v) is 4.87. The maximum absolute atomic E-state index is 13.9. The SMILES string of the molecule is O=C(NCCCO)NC1(c2ccccc2F)CCC1. The molecule has 1 aromatic rings. The van der Waals surface area contributed by atoms with Crippen molar-refractivity contribution in [2.45, 2.75) is 31.2 Å². The molecule has 4 nitrogen and oxygen atoms in total. The number of aliphatic hydroxyl groups excluding tert-OH is 1. The highest BCUT2D eigenvalue weighted by Crippen LogP contribution is 2.42. The highest BCUT2D eigenvalue weighted by atomic mass is 19.1. The standard InChI is InChI=1S/C14H19FN2O2/c15-12-6-2-1-5-11(12)14(7-3-8-14)17-13(19)16-9-4-10-18/h1-2,5-6,18H,3-4,7-10H2,(H2,16,17,19). The molecule has 2 amide bonds. The Kier molecular flexibility index (Phi) is 4.37. The fourth-order valence-electron chi connectivity index (χ4n) is 2.38. The zero-order chi connectivity index (χ0) is 13.7. The first-order valence-electron chi connectivity index (χ1n) is 6.60. The molecule has 0 aliphatic heterocycles. The normalized spacial score (nSPS) is 16.5. The van der Waals surface area contributed by atoms with Crippen LogP contribution in [0.4, 0.5) is 9.18 Å². The van der Waals surface area contributed by atoms with Crippen molar-refractivity contribution in [3.05, 3.63) is 35.6 Å². The van der Waals surface area contributed by atoms with Crippen molar-refractivity contribution in [1.29, 1.82) is 0 Å². The Morgan fingerprint density at radius 1 is 1.37 bits per heavy atom. The van der Waals surface area contributed by atoms with Crippen LogP contribution in [0.1, 0.15) is 31.2 Å². The van der Waals surface area contributed by atoms with Gasteiger partial charge in [-0.2, -0.15) is 0 Å². The van der Waals surface area contributed by atoms with Crippen molar-refractivity contribution in [2.75, 3.05) is 13.2 Å². The summed E-state index contributed by atoms with van der Waals surface area (Å²) < 4.78 is 13.9. The molecule has 0 unspecified atom stereocenters. The minimum Gasteiger partial charge on any atom is -0.396 e. The first kappa shape index (κ1) is 13.8. The van der Waals surface area contributed by atoms with E-state index in [0.717, 1.165) is 19.3 Å². The van der Waals surface area contributed by atoms with Gasteiger partial charge in [-0.3, -0.25) is 0 Å². The predicted octanol–water partition coefficient (Wildman–Crippen LogP) is 1.89. The highest BCUT2D eigenvalue weighted by molar-refractivity contribution is 5.75. The van der Waals surface area contributed by atoms with Gasteiger partial charge < -0.3 is 15.7 Å². The highest BCUT2D eigenvalue weighted by Gasteiger charge is 2.41. The number of rotatable bonds is 5. The molecule has 0 aromatic heterocycles. The summed E-state index contributed by atoms with van der Waals surface area (Å²) in [6.07, 6.45) is 2.99. The van der Waals surface area contributed by atoms with Crippen molar-refractivity contribution in [3.63, 3.8) is 0 Å². The van der Waals surface area contributed by atoms with E-state index in [-0.39, 0.29) is 18.5 Å². The summed E-state index contributed by atoms with van der Waals surface area (Å²) in [5.74, 6) is -0.280. The minimum atomic E-state index is -0.575. The van der Waals surface area contributed by atoms with Crippen LogP contribution in [0.3, 0.4) is 0 Å². The molecule has 0 saturated heterocycles. The maximum atomic E-state index is 13.9. The fraction of sp³-hybridized carbons (Fsp3) is 0.500. The van der Waals surface area contributed by atoms with Gasteiger partial charge in [-0.1, -0.05) is 18.2 Å². The van der Waals surface area contributed by atoms with E-state index in [1.807, 2.05) is 0 Å². The Balaban J connectivity index is 2.03. The number of hydrogen-bond acceptors (Lipinski definition) is 2. The smallest absolute Gasteiger partial charge is 0.315 e. The third-order valence-electron chi connectivity index (χ3n) is 3.57. The number of hydrogen-bond donors (Lipinski definition) is 3. The topological polar surface area (TPSA) is 61.4 Å². The van der Waals surface area contributed by atoms with Gasteiger partial charge in [-0.15, -0.1) is 0 Å². The van der Waals surface area contributed by atoms with E-state index in [4.69, 9.17) is 5.11 Å². The van der Waals surface area contributed by atoms with E-state index in [1.54, 1.807) is 18.2 Å². The largest absolute Gasteiger partial charge is 0.396 e. The maximum Gasteiger partial charge on any atom is 0.315 e. The van der Waals surface area contributed by atoms with Gasteiger partial charge in [-0.05, 0) is 31.7 Å². The molecule has 104 valence electrons. The van der Waals surface area contributed by atoms with E-state index in [9.17, 15) is 9.18 Å². The number of aliphatic hydroxyl groups is 1. The number of benzene rings is 1. The average molecular weight is 266 g/mol. The molecule has 1 aromatic carbocycles. The van der Waals surface area contributed by atoms with Gasteiger partial charge in [0.05, 0.1) is 5.54 Å². The Labute approximate surface area is 112 Å². The lowest BCUT2D eigenvalue weighted by Gasteiger charge is -2.43. The Bertz CT molecular complexity index is 447. The zero-order valence-electron chi connectivity index (χ0n) is 10.8. The molecule has 1 saturated carbocycles. The Morgan fingerprint density at radius 3 is 2.68 bits per heavy atom. The van der Waals surface area contributed by atoms with E-state index < -0.39 is 5.54 Å². The molecular formula is C14H19FN2O2. The Hall–Kier alpha value is -1.62. The first-order valence-corrected chi connectivity index (χ1v) is 6.60. The van der Waals surface area contributed by atoms with Crippen LogP contribution in [-0.2, 0) is 5.54 Å². The molecule has 1 aliphatic rings. The van der Waals surface area contributed by atoms with Gasteiger partial charge in [0.1, 0.15) is 5.82 Å². The van der Waals surface area contributed by atoms with Crippen LogP contribution in [0.25, 0.3) is 0 Å². The minimum absolute atomic E-state index is 0.0404. The van der Waals surface area contributed by atoms with Crippen LogP contribution in [0.5, 0.6) is 0 Å². The summed E-state index contributed by atoms with van der Waals surface area (Å²) in [7, 11) is 0. The van der Waals surface area contributed by atoms with Gasteiger partial charge in [0.25, 0.3) is 0 Å². The van der Waals surface area contributed by atoms with Crippen LogP contribution >= 0.6 is 0 Å². The number of amides is 2. The number of urea groups is 1. The van der Waals surface area contributed by atoms with Crippen LogP contribution in [-0.4, -0.2) is 24.3 Å². The van der Waals surface area contributed by atoms with Gasteiger partial charge in [0, 0.05) is 18.7 Å². The van der Waals surface area contributed by atoms with E-state index in [1.165, 1.54) is 6.07 Å². The molecule has 2 rings (SSSR count). The lowest BCUT2D eigenvalue weighted by atomic mass is 9.71. The average Bonchev–Trinajstić information content (AvgIpc) is 2.35. The predicted molar refractivity (Wildman–Crippen MR) is 70.2 cm³/mol. The molecule has 0 bridgehead atoms. The lowest BCUT2D eigenvalue weighted by molar-refractivity contribution is 0.173. The quantitative estimate of drug-likeness (QED) is 0.713. The first-order chi connectivity index (χ1) is 9.18. The Morgan fingerprint density at radius 2 is 2.11 bits per heavy atom. The van der Waals surface area contributed by atoms with Crippen molar-refractivity contribution in [2.24, 2.45) is 0 Å². The summed E-state index contributed by atoms with van der Waals surface area (Å²) in [5, 5.41) is 14.2. The third kappa shape index (κ3) is 3.04. The molecule has 5 heteroatoms. The summed E-state index contributed by atoms with van der Waals surface area (Å²) in [4.78, 5) is 11.8. The van der Waals surface area contributed by atoms with Crippen molar-refractivity contribution in [3.8, 4) is 0 Å². The lowest BCUT2D eigenvalue weighted by Crippen LogP contribution is -2.54. The van der Waals surface area contributed by atoms with E-state index in [2.05, 4.69) is 10.6 Å². The van der Waals surface area contributed by atoms with Crippen LogP contribution in [0.2, 0.25) is 0 Å². The van der Waals surface area contributed by atoms with Crippen molar-refractivity contribution < 1.29 is 14.3 Å². The zero-order valence-corrected chi connectivity index (χ0v) is 10.8. The van der Waals surface area contributed by atoms with E-state index in [0.29, 0.717) is 18.5 Å². The molecule has 0 atom stereocenters. The number of nitrogens with one attached hydrogen (secondary N) is 2. The molecule has 0 radical (unpaired) electrons. The monoisotopic (exact) mass is 266 g/mol. The second kappa shape index (κ2) is 6.02. The summed E-state index contributed by atoms with van der Waals surface area (Å²) in [6, 6.07) is 6.26. The van der Waals surface area contributed by atoms with Crippen LogP contribution in [0, 0.1) is 5.82 Å². The molecule has 0 spiro atoms. The van der Waals surface area contributed by atoms with Crippen molar-refractivity contribution >= 4 is 6.03 Å². The van der Waals surface area contributed by atoms with Crippen LogP contribution in [0.15, 0.2) is 24.3 Å². The summed E-state index contributed by atoms with van der Waals surface area (Å²) >= 11 is 0.